The minimum absolute atomic E-state index is 0.0206. The summed E-state index contributed by atoms with van der Waals surface area (Å²) in [6, 6.07) is 5.50. The van der Waals surface area contributed by atoms with Crippen LogP contribution in [0.25, 0.3) is 10.9 Å². The first-order chi connectivity index (χ1) is 11.6. The van der Waals surface area contributed by atoms with Gasteiger partial charge in [0.2, 0.25) is 0 Å². The van der Waals surface area contributed by atoms with Crippen molar-refractivity contribution in [1.29, 1.82) is 0 Å². The third-order valence-electron chi connectivity index (χ3n) is 4.29. The number of aromatic nitrogens is 2. The number of amidine groups is 1. The quantitative estimate of drug-likeness (QED) is 0.885. The van der Waals surface area contributed by atoms with E-state index in [9.17, 15) is 9.59 Å². The van der Waals surface area contributed by atoms with Crippen LogP contribution in [0.2, 0.25) is 0 Å². The van der Waals surface area contributed by atoms with E-state index in [2.05, 4.69) is 20.5 Å². The maximum atomic E-state index is 12.9. The zero-order chi connectivity index (χ0) is 16.7. The number of allylic oxidation sites excluding steroid dienone is 2. The highest BCUT2D eigenvalue weighted by Crippen LogP contribution is 2.29. The van der Waals surface area contributed by atoms with Crippen LogP contribution in [0.1, 0.15) is 13.3 Å². The fraction of sp³-hybridized carbons (Fsp3) is 0.176. The molecule has 0 aliphatic carbocycles. The van der Waals surface area contributed by atoms with E-state index in [0.29, 0.717) is 11.5 Å². The number of carbonyl (C=O) groups excluding carboxylic acids is 2. The Labute approximate surface area is 137 Å². The molecule has 120 valence electrons. The number of aliphatic imine (C=N–C) groups is 1. The van der Waals surface area contributed by atoms with E-state index >= 15 is 0 Å². The minimum Gasteiger partial charge on any atom is -0.324 e. The maximum absolute atomic E-state index is 12.9. The molecule has 1 unspecified atom stereocenters. The molecule has 1 aromatic heterocycles. The Kier molecular flexibility index (Phi) is 3.09. The van der Waals surface area contributed by atoms with Gasteiger partial charge in [0.1, 0.15) is 11.4 Å². The average molecular weight is 321 g/mol. The lowest BCUT2D eigenvalue weighted by Gasteiger charge is -2.41. The lowest BCUT2D eigenvalue weighted by Crippen LogP contribution is -2.58. The van der Waals surface area contributed by atoms with Crippen molar-refractivity contribution in [3.63, 3.8) is 0 Å². The van der Waals surface area contributed by atoms with E-state index < -0.39 is 5.54 Å². The second kappa shape index (κ2) is 5.16. The standard InChI is InChI=1S/C17H15N5O2/c1-17(9-15(23)20-14-4-2-3-7-22(14)17)16(24)19-12-6-5-11-10-18-21-13(11)8-12/h2-8,10H,9H2,1H3,(H,18,21)(H,19,24). The second-order valence-corrected chi connectivity index (χ2v) is 6.01. The lowest BCUT2D eigenvalue weighted by molar-refractivity contribution is -0.130. The summed E-state index contributed by atoms with van der Waals surface area (Å²) >= 11 is 0. The van der Waals surface area contributed by atoms with Crippen LogP contribution in [-0.4, -0.2) is 38.3 Å². The van der Waals surface area contributed by atoms with Gasteiger partial charge in [-0.05, 0) is 37.3 Å². The summed E-state index contributed by atoms with van der Waals surface area (Å²) in [5.41, 5.74) is 0.449. The first-order valence-electron chi connectivity index (χ1n) is 7.57. The fourth-order valence-electron chi connectivity index (χ4n) is 2.96. The van der Waals surface area contributed by atoms with E-state index in [1.807, 2.05) is 24.3 Å². The SMILES string of the molecule is CC1(C(=O)Nc2ccc3cn[nH]c3c2)CC(=O)N=C2C=CC=CN21. The molecule has 2 N–H and O–H groups in total. The molecular formula is C17H15N5O2. The van der Waals surface area contributed by atoms with E-state index in [1.54, 1.807) is 36.4 Å². The monoisotopic (exact) mass is 321 g/mol. The molecule has 3 heterocycles. The number of hydrogen-bond acceptors (Lipinski definition) is 4. The fourth-order valence-corrected chi connectivity index (χ4v) is 2.96. The van der Waals surface area contributed by atoms with E-state index in [4.69, 9.17) is 0 Å². The van der Waals surface area contributed by atoms with Crippen LogP contribution < -0.4 is 5.32 Å². The second-order valence-electron chi connectivity index (χ2n) is 6.01. The summed E-state index contributed by atoms with van der Waals surface area (Å²) in [7, 11) is 0. The minimum atomic E-state index is -1.03. The molecule has 24 heavy (non-hydrogen) atoms. The van der Waals surface area contributed by atoms with Crippen LogP contribution in [-0.2, 0) is 9.59 Å². The van der Waals surface area contributed by atoms with Crippen LogP contribution in [0.4, 0.5) is 5.69 Å². The van der Waals surface area contributed by atoms with Crippen molar-refractivity contribution in [2.24, 2.45) is 4.99 Å². The number of benzene rings is 1. The van der Waals surface area contributed by atoms with Gasteiger partial charge in [-0.2, -0.15) is 10.1 Å². The Morgan fingerprint density at radius 2 is 2.25 bits per heavy atom. The third kappa shape index (κ3) is 2.21. The Morgan fingerprint density at radius 3 is 3.12 bits per heavy atom. The number of nitrogens with one attached hydrogen (secondary N) is 2. The normalized spacial score (nSPS) is 22.5. The summed E-state index contributed by atoms with van der Waals surface area (Å²) in [6.45, 7) is 1.74. The Bertz CT molecular complexity index is 939. The average Bonchev–Trinajstić information content (AvgIpc) is 3.02. The number of H-pyrrole nitrogens is 1. The zero-order valence-electron chi connectivity index (χ0n) is 13.0. The topological polar surface area (TPSA) is 90.4 Å². The molecule has 2 aliphatic rings. The zero-order valence-corrected chi connectivity index (χ0v) is 13.0. The smallest absolute Gasteiger partial charge is 0.250 e. The van der Waals surface area contributed by atoms with Gasteiger partial charge in [-0.3, -0.25) is 14.7 Å². The summed E-state index contributed by atoms with van der Waals surface area (Å²) in [5.74, 6) is -0.0830. The molecule has 0 saturated carbocycles. The number of hydrogen-bond donors (Lipinski definition) is 2. The molecule has 0 radical (unpaired) electrons. The van der Waals surface area contributed by atoms with Gasteiger partial charge in [-0.25, -0.2) is 0 Å². The first-order valence-corrected chi connectivity index (χ1v) is 7.57. The molecule has 1 atom stereocenters. The Morgan fingerprint density at radius 1 is 1.38 bits per heavy atom. The van der Waals surface area contributed by atoms with E-state index in [-0.39, 0.29) is 18.2 Å². The van der Waals surface area contributed by atoms with E-state index in [0.717, 1.165) is 10.9 Å². The van der Waals surface area contributed by atoms with Crippen molar-refractivity contribution in [3.8, 4) is 0 Å². The molecule has 2 aromatic rings. The van der Waals surface area contributed by atoms with Crippen molar-refractivity contribution in [2.45, 2.75) is 18.9 Å². The molecule has 0 spiro atoms. The molecule has 4 rings (SSSR count). The van der Waals surface area contributed by atoms with Gasteiger partial charge in [0.05, 0.1) is 18.1 Å². The van der Waals surface area contributed by atoms with Crippen molar-refractivity contribution in [3.05, 3.63) is 48.8 Å². The highest BCUT2D eigenvalue weighted by Gasteiger charge is 2.45. The van der Waals surface area contributed by atoms with Crippen LogP contribution in [0.5, 0.6) is 0 Å². The Hall–Kier alpha value is -3.22. The summed E-state index contributed by atoms with van der Waals surface area (Å²) in [6.07, 6.45) is 8.83. The van der Waals surface area contributed by atoms with Gasteiger partial charge < -0.3 is 10.2 Å². The molecule has 7 heteroatoms. The van der Waals surface area contributed by atoms with Crippen LogP contribution in [0.15, 0.2) is 53.8 Å². The maximum Gasteiger partial charge on any atom is 0.250 e. The first kappa shape index (κ1) is 14.4. The lowest BCUT2D eigenvalue weighted by atomic mass is 9.91. The number of fused-ring (bicyclic) bond motifs is 2. The molecule has 1 aromatic carbocycles. The molecular weight excluding hydrogens is 306 g/mol. The van der Waals surface area contributed by atoms with Gasteiger partial charge in [-0.15, -0.1) is 0 Å². The molecule has 7 nitrogen and oxygen atoms in total. The van der Waals surface area contributed by atoms with Crippen LogP contribution >= 0.6 is 0 Å². The van der Waals surface area contributed by atoms with E-state index in [1.165, 1.54) is 0 Å². The molecule has 0 bridgehead atoms. The largest absolute Gasteiger partial charge is 0.324 e. The van der Waals surface area contributed by atoms with Crippen molar-refractivity contribution in [2.75, 3.05) is 5.32 Å². The molecule has 2 amide bonds. The summed E-state index contributed by atoms with van der Waals surface area (Å²) in [5, 5.41) is 10.7. The number of rotatable bonds is 2. The van der Waals surface area contributed by atoms with Gasteiger partial charge in [-0.1, -0.05) is 6.08 Å². The number of nitrogens with zero attached hydrogens (tertiary/aromatic N) is 3. The summed E-state index contributed by atoms with van der Waals surface area (Å²) in [4.78, 5) is 30.6. The molecule has 2 aliphatic heterocycles. The van der Waals surface area contributed by atoms with Crippen molar-refractivity contribution >= 4 is 34.2 Å². The Balaban J connectivity index is 1.65. The van der Waals surface area contributed by atoms with Crippen molar-refractivity contribution in [1.82, 2.24) is 15.1 Å². The van der Waals surface area contributed by atoms with Crippen LogP contribution in [0.3, 0.4) is 0 Å². The van der Waals surface area contributed by atoms with Gasteiger partial charge >= 0.3 is 0 Å². The van der Waals surface area contributed by atoms with Gasteiger partial charge in [0.15, 0.2) is 0 Å². The number of aromatic amines is 1. The third-order valence-corrected chi connectivity index (χ3v) is 4.29. The molecule has 0 saturated heterocycles. The highest BCUT2D eigenvalue weighted by molar-refractivity contribution is 6.12. The predicted octanol–water partition coefficient (Wildman–Crippen LogP) is 1.97. The predicted molar refractivity (Wildman–Crippen MR) is 90.3 cm³/mol. The number of carbonyl (C=O) groups is 2. The number of anilines is 1. The number of amides is 2. The summed E-state index contributed by atoms with van der Waals surface area (Å²) < 4.78 is 0. The highest BCUT2D eigenvalue weighted by atomic mass is 16.2. The van der Waals surface area contributed by atoms with Crippen LogP contribution in [0, 0.1) is 0 Å². The molecule has 0 fully saturated rings. The van der Waals surface area contributed by atoms with Gasteiger partial charge in [0.25, 0.3) is 11.8 Å². The van der Waals surface area contributed by atoms with Crippen molar-refractivity contribution < 1.29 is 9.59 Å². The van der Waals surface area contributed by atoms with Gasteiger partial charge in [0, 0.05) is 17.3 Å².